The van der Waals surface area contributed by atoms with E-state index in [1.54, 1.807) is 20.0 Å². The van der Waals surface area contributed by atoms with E-state index in [9.17, 15) is 18.8 Å². The second-order valence-electron chi connectivity index (χ2n) is 8.39. The van der Waals surface area contributed by atoms with Gasteiger partial charge in [-0.2, -0.15) is 0 Å². The van der Waals surface area contributed by atoms with Gasteiger partial charge in [0.2, 0.25) is 0 Å². The van der Waals surface area contributed by atoms with Crippen LogP contribution in [0.5, 0.6) is 11.6 Å². The summed E-state index contributed by atoms with van der Waals surface area (Å²) in [4.78, 5) is 45.6. The van der Waals surface area contributed by atoms with E-state index in [1.165, 1.54) is 27.8 Å². The molecule has 36 heavy (non-hydrogen) atoms. The Bertz CT molecular complexity index is 1430. The van der Waals surface area contributed by atoms with Crippen molar-refractivity contribution in [2.75, 3.05) is 43.1 Å². The van der Waals surface area contributed by atoms with Gasteiger partial charge in [0, 0.05) is 31.6 Å². The summed E-state index contributed by atoms with van der Waals surface area (Å²) in [7, 11) is 1.57. The van der Waals surface area contributed by atoms with E-state index in [1.807, 2.05) is 0 Å². The Morgan fingerprint density at radius 1 is 1.31 bits per heavy atom. The van der Waals surface area contributed by atoms with Crippen LogP contribution in [0.4, 0.5) is 20.8 Å². The Hall–Kier alpha value is -4.26. The van der Waals surface area contributed by atoms with Gasteiger partial charge < -0.3 is 29.4 Å². The van der Waals surface area contributed by atoms with E-state index >= 15 is 0 Å². The number of cyclic esters (lactones) is 1. The summed E-state index contributed by atoms with van der Waals surface area (Å²) in [5.41, 5.74) is 0.884. The number of nitrogens with one attached hydrogen (secondary N) is 2. The molecule has 0 aliphatic carbocycles. The van der Waals surface area contributed by atoms with E-state index < -0.39 is 18.0 Å². The highest BCUT2D eigenvalue weighted by Gasteiger charge is 2.34. The topological polar surface area (TPSA) is 137 Å². The van der Waals surface area contributed by atoms with Gasteiger partial charge in [-0.1, -0.05) is 0 Å². The summed E-state index contributed by atoms with van der Waals surface area (Å²) in [5, 5.41) is 6.40. The third-order valence-corrected chi connectivity index (χ3v) is 5.89. The highest BCUT2D eigenvalue weighted by molar-refractivity contribution is 5.94. The van der Waals surface area contributed by atoms with Gasteiger partial charge in [0.1, 0.15) is 12.7 Å². The molecular formula is C23H23FN6O6. The molecule has 2 aliphatic heterocycles. The second kappa shape index (κ2) is 9.41. The maximum absolute atomic E-state index is 14.5. The molecule has 1 saturated heterocycles. The Labute approximate surface area is 204 Å². The van der Waals surface area contributed by atoms with Gasteiger partial charge in [-0.15, -0.1) is 0 Å². The quantitative estimate of drug-likeness (QED) is 0.459. The average molecular weight is 498 g/mol. The molecule has 3 aromatic rings. The number of aryl methyl sites for hydroxylation is 2. The number of pyridine rings is 1. The van der Waals surface area contributed by atoms with Gasteiger partial charge in [0.25, 0.3) is 17.3 Å². The zero-order valence-electron chi connectivity index (χ0n) is 19.5. The van der Waals surface area contributed by atoms with Crippen LogP contribution in [0, 0.1) is 12.7 Å². The first-order chi connectivity index (χ1) is 17.3. The van der Waals surface area contributed by atoms with Gasteiger partial charge >= 0.3 is 6.09 Å². The van der Waals surface area contributed by atoms with Crippen LogP contribution in [0.15, 0.2) is 29.2 Å². The molecule has 2 N–H and O–H groups in total. The zero-order valence-corrected chi connectivity index (χ0v) is 19.5. The van der Waals surface area contributed by atoms with Crippen LogP contribution in [0.2, 0.25) is 0 Å². The number of hydrogen-bond acceptors (Lipinski definition) is 9. The molecule has 188 valence electrons. The smallest absolute Gasteiger partial charge is 0.416 e. The molecule has 13 heteroatoms. The summed E-state index contributed by atoms with van der Waals surface area (Å²) in [6, 6.07) is 4.44. The van der Waals surface area contributed by atoms with Crippen LogP contribution >= 0.6 is 0 Å². The maximum atomic E-state index is 14.5. The lowest BCUT2D eigenvalue weighted by molar-refractivity contribution is -0.118. The van der Waals surface area contributed by atoms with Crippen molar-refractivity contribution >= 4 is 34.5 Å². The number of nitrogens with zero attached hydrogens (tertiary/aromatic N) is 4. The zero-order chi connectivity index (χ0) is 25.4. The van der Waals surface area contributed by atoms with Crippen molar-refractivity contribution in [2.24, 2.45) is 7.05 Å². The Morgan fingerprint density at radius 3 is 2.97 bits per heavy atom. The highest BCUT2D eigenvalue weighted by atomic mass is 19.1. The molecule has 1 aromatic carbocycles. The number of ether oxygens (including phenoxy) is 3. The number of carbonyl (C=O) groups excluding carboxylic acids is 2. The van der Waals surface area contributed by atoms with E-state index in [-0.39, 0.29) is 54.5 Å². The van der Waals surface area contributed by atoms with Gasteiger partial charge in [0.15, 0.2) is 29.8 Å². The Kier molecular flexibility index (Phi) is 6.14. The van der Waals surface area contributed by atoms with Gasteiger partial charge in [-0.05, 0) is 24.6 Å². The van der Waals surface area contributed by atoms with Gasteiger partial charge in [-0.3, -0.25) is 14.5 Å². The fourth-order valence-corrected chi connectivity index (χ4v) is 4.10. The molecule has 2 aliphatic rings. The average Bonchev–Trinajstić information content (AvgIpc) is 3.22. The van der Waals surface area contributed by atoms with Crippen molar-refractivity contribution in [3.05, 3.63) is 46.1 Å². The minimum absolute atomic E-state index is 0.0122. The van der Waals surface area contributed by atoms with E-state index in [0.717, 1.165) is 10.9 Å². The number of anilines is 2. The van der Waals surface area contributed by atoms with Gasteiger partial charge in [-0.25, -0.2) is 19.2 Å². The van der Waals surface area contributed by atoms with Crippen LogP contribution < -0.4 is 30.6 Å². The normalized spacial score (nSPS) is 17.0. The number of halogens is 1. The largest absolute Gasteiger partial charge is 0.487 e. The Morgan fingerprint density at radius 2 is 2.14 bits per heavy atom. The summed E-state index contributed by atoms with van der Waals surface area (Å²) >= 11 is 0. The first-order valence-corrected chi connectivity index (χ1v) is 11.2. The molecule has 5 rings (SSSR count). The van der Waals surface area contributed by atoms with Crippen molar-refractivity contribution in [3.63, 3.8) is 0 Å². The molecule has 1 fully saturated rings. The van der Waals surface area contributed by atoms with Crippen molar-refractivity contribution in [1.29, 1.82) is 0 Å². The number of rotatable bonds is 7. The monoisotopic (exact) mass is 498 g/mol. The third-order valence-electron chi connectivity index (χ3n) is 5.89. The van der Waals surface area contributed by atoms with Crippen LogP contribution in [0.1, 0.15) is 5.56 Å². The summed E-state index contributed by atoms with van der Waals surface area (Å²) < 4.78 is 32.1. The number of amides is 2. The van der Waals surface area contributed by atoms with E-state index in [4.69, 9.17) is 14.2 Å². The first-order valence-electron chi connectivity index (χ1n) is 11.2. The minimum atomic E-state index is -0.593. The number of aromatic nitrogens is 3. The summed E-state index contributed by atoms with van der Waals surface area (Å²) in [6.07, 6.45) is 0.304. The lowest BCUT2D eigenvalue weighted by Gasteiger charge is -2.18. The molecule has 1 atom stereocenters. The molecule has 0 unspecified atom stereocenters. The van der Waals surface area contributed by atoms with E-state index in [2.05, 4.69) is 20.6 Å². The lowest BCUT2D eigenvalue weighted by atomic mass is 10.1. The molecule has 2 amide bonds. The predicted octanol–water partition coefficient (Wildman–Crippen LogP) is 1.10. The molecule has 0 spiro atoms. The molecule has 0 radical (unpaired) electrons. The number of carbonyl (C=O) groups is 2. The van der Waals surface area contributed by atoms with Crippen molar-refractivity contribution in [2.45, 2.75) is 13.0 Å². The Balaban J connectivity index is 1.17. The number of hydrogen-bond donors (Lipinski definition) is 2. The molecule has 0 saturated carbocycles. The number of benzene rings is 1. The maximum Gasteiger partial charge on any atom is 0.416 e. The fraction of sp³-hybridized carbons (Fsp3) is 0.348. The molecule has 0 bridgehead atoms. The minimum Gasteiger partial charge on any atom is -0.487 e. The summed E-state index contributed by atoms with van der Waals surface area (Å²) in [6.45, 7) is 2.64. The molecule has 2 aromatic heterocycles. The highest BCUT2D eigenvalue weighted by Crippen LogP contribution is 2.30. The molecule has 12 nitrogen and oxygen atoms in total. The standard InChI is InChI=1S/C23H23FN6O6/c1-12-7-18(32)29(2)19-14(12)3-4-15(24)20(19)34-6-5-25-8-13-10-30(23(33)36-13)16-9-26-22-21(27-16)28-17(31)11-35-22/h3-4,7,9,13,25H,5-6,8,10-11H2,1-2H3,(H,27,28,31)/t13-/m0/s1. The SMILES string of the molecule is Cc1cc(=O)n(C)c2c(OCCNC[C@H]3CN(c4cnc5c(n4)NC(=O)CO5)C(=O)O3)c(F)ccc12. The fourth-order valence-electron chi connectivity index (χ4n) is 4.10. The lowest BCUT2D eigenvalue weighted by Crippen LogP contribution is -2.33. The third kappa shape index (κ3) is 4.40. The van der Waals surface area contributed by atoms with Crippen LogP contribution in [0.3, 0.4) is 0 Å². The van der Waals surface area contributed by atoms with Crippen LogP contribution in [-0.2, 0) is 16.6 Å². The number of fused-ring (bicyclic) bond motifs is 2. The van der Waals surface area contributed by atoms with Gasteiger partial charge in [0.05, 0.1) is 18.3 Å². The van der Waals surface area contributed by atoms with Crippen LogP contribution in [0.25, 0.3) is 10.9 Å². The molecule has 4 heterocycles. The molecular weight excluding hydrogens is 475 g/mol. The van der Waals surface area contributed by atoms with Crippen molar-refractivity contribution in [1.82, 2.24) is 19.9 Å². The van der Waals surface area contributed by atoms with E-state index in [0.29, 0.717) is 18.6 Å². The second-order valence-corrected chi connectivity index (χ2v) is 8.39. The predicted molar refractivity (Wildman–Crippen MR) is 126 cm³/mol. The van der Waals surface area contributed by atoms with Crippen molar-refractivity contribution < 1.29 is 28.2 Å². The summed E-state index contributed by atoms with van der Waals surface area (Å²) in [5.74, 6) is -0.356. The first kappa shape index (κ1) is 23.5. The van der Waals surface area contributed by atoms with Crippen molar-refractivity contribution in [3.8, 4) is 11.6 Å². The van der Waals surface area contributed by atoms with Crippen LogP contribution in [-0.4, -0.2) is 65.5 Å².